The first-order valence-corrected chi connectivity index (χ1v) is 8.29. The summed E-state index contributed by atoms with van der Waals surface area (Å²) in [4.78, 5) is 18.2. The zero-order chi connectivity index (χ0) is 16.9. The van der Waals surface area contributed by atoms with Gasteiger partial charge in [0.15, 0.2) is 5.82 Å². The van der Waals surface area contributed by atoms with Crippen molar-refractivity contribution in [3.8, 4) is 0 Å². The number of nitrogens with zero attached hydrogens (tertiary/aromatic N) is 2. The van der Waals surface area contributed by atoms with Gasteiger partial charge in [-0.2, -0.15) is 0 Å². The van der Waals surface area contributed by atoms with E-state index in [1.54, 1.807) is 17.0 Å². The molecule has 2 atom stereocenters. The van der Waals surface area contributed by atoms with Gasteiger partial charge in [-0.15, -0.1) is 0 Å². The van der Waals surface area contributed by atoms with Crippen molar-refractivity contribution >= 4 is 5.91 Å². The van der Waals surface area contributed by atoms with Crippen molar-refractivity contribution in [2.75, 3.05) is 6.54 Å². The Morgan fingerprint density at radius 2 is 2.29 bits per heavy atom. The number of amides is 1. The van der Waals surface area contributed by atoms with Gasteiger partial charge < -0.3 is 14.4 Å². The van der Waals surface area contributed by atoms with E-state index in [0.29, 0.717) is 18.7 Å². The average molecular weight is 332 g/mol. The van der Waals surface area contributed by atoms with Crippen LogP contribution in [-0.4, -0.2) is 33.5 Å². The number of furan rings is 1. The minimum absolute atomic E-state index is 0.0318. The van der Waals surface area contributed by atoms with Gasteiger partial charge in [0, 0.05) is 25.2 Å². The molecular weight excluding hydrogens is 311 g/mol. The highest BCUT2D eigenvalue weighted by Crippen LogP contribution is 2.28. The summed E-state index contributed by atoms with van der Waals surface area (Å²) in [5.41, 5.74) is 0.0318. The second-order valence-corrected chi connectivity index (χ2v) is 6.12. The fourth-order valence-corrected chi connectivity index (χ4v) is 3.25. The molecule has 24 heavy (non-hydrogen) atoms. The Bertz CT molecular complexity index is 675. The van der Waals surface area contributed by atoms with Crippen molar-refractivity contribution in [3.05, 3.63) is 54.0 Å². The van der Waals surface area contributed by atoms with Crippen LogP contribution >= 0.6 is 0 Å². The number of hydrogen-bond donors (Lipinski definition) is 1. The number of likely N-dealkylation sites (tertiary alicyclic amines) is 1. The molecule has 0 bridgehead atoms. The van der Waals surface area contributed by atoms with Crippen molar-refractivity contribution in [2.24, 2.45) is 0 Å². The molecule has 1 aliphatic rings. The summed E-state index contributed by atoms with van der Waals surface area (Å²) < 4.78 is 19.2. The molecule has 3 heterocycles. The van der Waals surface area contributed by atoms with E-state index >= 15 is 0 Å². The maximum atomic E-state index is 13.9. The number of pyridine rings is 1. The molecule has 1 saturated heterocycles. The first-order chi connectivity index (χ1) is 11.7. The molecule has 2 aromatic heterocycles. The first-order valence-electron chi connectivity index (χ1n) is 8.29. The highest BCUT2D eigenvalue weighted by Gasteiger charge is 2.30. The number of carbonyl (C=O) groups excluding carboxylic acids is 1. The van der Waals surface area contributed by atoms with Crippen LogP contribution in [0.5, 0.6) is 0 Å². The van der Waals surface area contributed by atoms with E-state index in [9.17, 15) is 14.3 Å². The maximum absolute atomic E-state index is 13.9. The molecule has 0 aliphatic carbocycles. The standard InChI is InChI=1S/C18H21FN2O3/c19-15-12-20-8-7-14(15)18(23)21-9-3-1-2-5-13(21)11-16(22)17-6-4-10-24-17/h4,6-8,10,12-13,16,22H,1-3,5,9,11H2/t13-,16-/m0/s1. The lowest BCUT2D eigenvalue weighted by atomic mass is 10.0. The number of halogens is 1. The lowest BCUT2D eigenvalue weighted by Gasteiger charge is -2.31. The topological polar surface area (TPSA) is 66.6 Å². The van der Waals surface area contributed by atoms with Gasteiger partial charge in [0.2, 0.25) is 0 Å². The summed E-state index contributed by atoms with van der Waals surface area (Å²) in [6.07, 6.45) is 7.27. The largest absolute Gasteiger partial charge is 0.467 e. The van der Waals surface area contributed by atoms with Crippen LogP contribution in [0.2, 0.25) is 0 Å². The molecule has 0 radical (unpaired) electrons. The summed E-state index contributed by atoms with van der Waals surface area (Å²) in [5.74, 6) is -0.465. The Balaban J connectivity index is 1.80. The molecule has 2 aromatic rings. The van der Waals surface area contributed by atoms with E-state index in [1.165, 1.54) is 18.5 Å². The highest BCUT2D eigenvalue weighted by molar-refractivity contribution is 5.94. The quantitative estimate of drug-likeness (QED) is 0.933. The van der Waals surface area contributed by atoms with Crippen molar-refractivity contribution in [1.82, 2.24) is 9.88 Å². The van der Waals surface area contributed by atoms with Crippen LogP contribution in [0, 0.1) is 5.82 Å². The number of aliphatic hydroxyl groups is 1. The van der Waals surface area contributed by atoms with Crippen molar-refractivity contribution in [3.63, 3.8) is 0 Å². The fraction of sp³-hybridized carbons (Fsp3) is 0.444. The van der Waals surface area contributed by atoms with E-state index < -0.39 is 11.9 Å². The second-order valence-electron chi connectivity index (χ2n) is 6.12. The molecule has 1 amide bonds. The van der Waals surface area contributed by atoms with Crippen molar-refractivity contribution in [2.45, 2.75) is 44.2 Å². The SMILES string of the molecule is O=C(c1ccncc1F)N1CCCCC[C@H]1C[C@H](O)c1ccco1. The number of aromatic nitrogens is 1. The van der Waals surface area contributed by atoms with Gasteiger partial charge in [-0.05, 0) is 31.0 Å². The normalized spacial score (nSPS) is 19.8. The van der Waals surface area contributed by atoms with Crippen LogP contribution in [0.3, 0.4) is 0 Å². The Morgan fingerprint density at radius 1 is 1.42 bits per heavy atom. The smallest absolute Gasteiger partial charge is 0.257 e. The Morgan fingerprint density at radius 3 is 3.04 bits per heavy atom. The van der Waals surface area contributed by atoms with Gasteiger partial charge in [0.05, 0.1) is 18.0 Å². The minimum Gasteiger partial charge on any atom is -0.467 e. The fourth-order valence-electron chi connectivity index (χ4n) is 3.25. The highest BCUT2D eigenvalue weighted by atomic mass is 19.1. The molecule has 5 nitrogen and oxygen atoms in total. The zero-order valence-electron chi connectivity index (χ0n) is 13.4. The third kappa shape index (κ3) is 3.64. The van der Waals surface area contributed by atoms with E-state index in [1.807, 2.05) is 0 Å². The molecule has 0 unspecified atom stereocenters. The summed E-state index contributed by atoms with van der Waals surface area (Å²) >= 11 is 0. The van der Waals surface area contributed by atoms with Crippen LogP contribution < -0.4 is 0 Å². The molecule has 6 heteroatoms. The molecular formula is C18H21FN2O3. The Labute approximate surface area is 140 Å². The lowest BCUT2D eigenvalue weighted by Crippen LogP contribution is -2.41. The monoisotopic (exact) mass is 332 g/mol. The van der Waals surface area contributed by atoms with Gasteiger partial charge in [-0.3, -0.25) is 9.78 Å². The summed E-state index contributed by atoms with van der Waals surface area (Å²) in [7, 11) is 0. The third-order valence-electron chi connectivity index (χ3n) is 4.51. The molecule has 0 saturated carbocycles. The van der Waals surface area contributed by atoms with Gasteiger partial charge in [0.1, 0.15) is 11.9 Å². The predicted molar refractivity (Wildman–Crippen MR) is 85.8 cm³/mol. The summed E-state index contributed by atoms with van der Waals surface area (Å²) in [5, 5.41) is 10.4. The summed E-state index contributed by atoms with van der Waals surface area (Å²) in [6, 6.07) is 4.70. The molecule has 3 rings (SSSR count). The Hall–Kier alpha value is -2.21. The second kappa shape index (κ2) is 7.57. The lowest BCUT2D eigenvalue weighted by molar-refractivity contribution is 0.0553. The van der Waals surface area contributed by atoms with Crippen molar-refractivity contribution in [1.29, 1.82) is 0 Å². The number of aliphatic hydroxyl groups excluding tert-OH is 1. The van der Waals surface area contributed by atoms with Gasteiger partial charge >= 0.3 is 0 Å². The maximum Gasteiger partial charge on any atom is 0.257 e. The molecule has 0 aromatic carbocycles. The number of hydrogen-bond acceptors (Lipinski definition) is 4. The van der Waals surface area contributed by atoms with E-state index in [0.717, 1.165) is 31.9 Å². The van der Waals surface area contributed by atoms with E-state index in [-0.39, 0.29) is 17.5 Å². The van der Waals surface area contributed by atoms with Crippen molar-refractivity contribution < 1.29 is 18.7 Å². The number of carbonyl (C=O) groups is 1. The van der Waals surface area contributed by atoms with Gasteiger partial charge in [-0.25, -0.2) is 4.39 Å². The third-order valence-corrected chi connectivity index (χ3v) is 4.51. The minimum atomic E-state index is -0.777. The average Bonchev–Trinajstić information content (AvgIpc) is 3.03. The Kier molecular flexibility index (Phi) is 5.25. The van der Waals surface area contributed by atoms with E-state index in [2.05, 4.69) is 4.98 Å². The predicted octanol–water partition coefficient (Wildman–Crippen LogP) is 3.32. The molecule has 1 fully saturated rings. The van der Waals surface area contributed by atoms with Crippen LogP contribution in [0.1, 0.15) is 54.3 Å². The van der Waals surface area contributed by atoms with E-state index in [4.69, 9.17) is 4.42 Å². The van der Waals surface area contributed by atoms with Gasteiger partial charge in [0.25, 0.3) is 5.91 Å². The van der Waals surface area contributed by atoms with Crippen LogP contribution in [0.25, 0.3) is 0 Å². The van der Waals surface area contributed by atoms with Crippen LogP contribution in [0.4, 0.5) is 4.39 Å². The molecule has 1 N–H and O–H groups in total. The van der Waals surface area contributed by atoms with Crippen LogP contribution in [0.15, 0.2) is 41.3 Å². The van der Waals surface area contributed by atoms with Gasteiger partial charge in [-0.1, -0.05) is 12.8 Å². The number of rotatable bonds is 4. The van der Waals surface area contributed by atoms with Crippen LogP contribution in [-0.2, 0) is 0 Å². The molecule has 128 valence electrons. The molecule has 1 aliphatic heterocycles. The first kappa shape index (κ1) is 16.6. The summed E-state index contributed by atoms with van der Waals surface area (Å²) in [6.45, 7) is 0.566. The zero-order valence-corrected chi connectivity index (χ0v) is 13.4. The molecule has 0 spiro atoms.